The highest BCUT2D eigenvalue weighted by atomic mass is 16.5. The van der Waals surface area contributed by atoms with E-state index in [1.54, 1.807) is 24.3 Å². The number of ether oxygens (including phenoxy) is 1. The summed E-state index contributed by atoms with van der Waals surface area (Å²) in [4.78, 5) is 22.9. The summed E-state index contributed by atoms with van der Waals surface area (Å²) in [5.74, 6) is -0.345. The Labute approximate surface area is 107 Å². The smallest absolute Gasteiger partial charge is 0.338 e. The van der Waals surface area contributed by atoms with Crippen molar-refractivity contribution in [1.29, 1.82) is 0 Å². The van der Waals surface area contributed by atoms with Crippen molar-refractivity contribution in [2.24, 2.45) is 0 Å². The second-order valence-electron chi connectivity index (χ2n) is 4.01. The molecule has 0 aliphatic carbocycles. The molecule has 0 bridgehead atoms. The van der Waals surface area contributed by atoms with Crippen LogP contribution in [0.3, 0.4) is 0 Å². The van der Waals surface area contributed by atoms with Crippen molar-refractivity contribution in [2.75, 3.05) is 11.9 Å². The van der Waals surface area contributed by atoms with Gasteiger partial charge in [0, 0.05) is 12.1 Å². The lowest BCUT2D eigenvalue weighted by molar-refractivity contribution is -0.116. The standard InChI is InChI=1S/C14H19NO3/c1-3-5-13(16)15-12-8-6-11(7-9-12)14(17)18-10-4-2/h6-9H,3-5,10H2,1-2H3,(H,15,16). The second-order valence-corrected chi connectivity index (χ2v) is 4.01. The average molecular weight is 249 g/mol. The predicted octanol–water partition coefficient (Wildman–Crippen LogP) is 2.99. The Morgan fingerprint density at radius 3 is 2.33 bits per heavy atom. The summed E-state index contributed by atoms with van der Waals surface area (Å²) in [6.45, 7) is 4.32. The maximum Gasteiger partial charge on any atom is 0.338 e. The van der Waals surface area contributed by atoms with Gasteiger partial charge >= 0.3 is 5.97 Å². The first-order chi connectivity index (χ1) is 8.67. The fourth-order valence-corrected chi connectivity index (χ4v) is 1.42. The highest BCUT2D eigenvalue weighted by Gasteiger charge is 2.07. The van der Waals surface area contributed by atoms with Gasteiger partial charge in [0.15, 0.2) is 0 Å². The summed E-state index contributed by atoms with van der Waals surface area (Å²) in [5, 5.41) is 2.76. The molecular weight excluding hydrogens is 230 g/mol. The fourth-order valence-electron chi connectivity index (χ4n) is 1.42. The zero-order valence-electron chi connectivity index (χ0n) is 10.9. The summed E-state index contributed by atoms with van der Waals surface area (Å²) >= 11 is 0. The molecule has 0 fully saturated rings. The van der Waals surface area contributed by atoms with Crippen LogP contribution in [-0.4, -0.2) is 18.5 Å². The molecule has 1 rings (SSSR count). The lowest BCUT2D eigenvalue weighted by Crippen LogP contribution is -2.11. The van der Waals surface area contributed by atoms with Crippen LogP contribution in [0.25, 0.3) is 0 Å². The molecule has 4 heteroatoms. The Bertz CT molecular complexity index is 398. The molecule has 0 aromatic heterocycles. The minimum atomic E-state index is -0.330. The molecule has 0 aliphatic heterocycles. The van der Waals surface area contributed by atoms with E-state index in [2.05, 4.69) is 5.32 Å². The first kappa shape index (κ1) is 14.2. The first-order valence-corrected chi connectivity index (χ1v) is 6.24. The monoisotopic (exact) mass is 249 g/mol. The number of nitrogens with one attached hydrogen (secondary N) is 1. The number of amides is 1. The van der Waals surface area contributed by atoms with Crippen molar-refractivity contribution in [2.45, 2.75) is 33.1 Å². The number of hydrogen-bond acceptors (Lipinski definition) is 3. The third-order valence-corrected chi connectivity index (χ3v) is 2.32. The van der Waals surface area contributed by atoms with Gasteiger partial charge in [-0.05, 0) is 37.1 Å². The van der Waals surface area contributed by atoms with Crippen LogP contribution >= 0.6 is 0 Å². The summed E-state index contributed by atoms with van der Waals surface area (Å²) in [6.07, 6.45) is 2.12. The molecule has 1 aromatic carbocycles. The van der Waals surface area contributed by atoms with Crippen molar-refractivity contribution >= 4 is 17.6 Å². The SMILES string of the molecule is CCCOC(=O)c1ccc(NC(=O)CCC)cc1. The van der Waals surface area contributed by atoms with Crippen molar-refractivity contribution in [3.63, 3.8) is 0 Å². The molecule has 0 radical (unpaired) electrons. The van der Waals surface area contributed by atoms with Gasteiger partial charge in [0.25, 0.3) is 0 Å². The Morgan fingerprint density at radius 2 is 1.78 bits per heavy atom. The number of carbonyl (C=O) groups is 2. The van der Waals surface area contributed by atoms with E-state index in [-0.39, 0.29) is 11.9 Å². The van der Waals surface area contributed by atoms with Gasteiger partial charge in [0.1, 0.15) is 0 Å². The normalized spacial score (nSPS) is 9.89. The largest absolute Gasteiger partial charge is 0.462 e. The lowest BCUT2D eigenvalue weighted by atomic mass is 10.2. The third kappa shape index (κ3) is 4.57. The minimum Gasteiger partial charge on any atom is -0.462 e. The average Bonchev–Trinajstić information content (AvgIpc) is 2.37. The summed E-state index contributed by atoms with van der Waals surface area (Å²) < 4.78 is 5.01. The summed E-state index contributed by atoms with van der Waals surface area (Å²) in [6, 6.07) is 6.71. The molecule has 18 heavy (non-hydrogen) atoms. The van der Waals surface area contributed by atoms with Gasteiger partial charge in [-0.3, -0.25) is 4.79 Å². The molecule has 0 aliphatic rings. The summed E-state index contributed by atoms with van der Waals surface area (Å²) in [7, 11) is 0. The number of rotatable bonds is 6. The molecule has 4 nitrogen and oxygen atoms in total. The van der Waals surface area contributed by atoms with E-state index in [4.69, 9.17) is 4.74 Å². The van der Waals surface area contributed by atoms with Crippen molar-refractivity contribution < 1.29 is 14.3 Å². The van der Waals surface area contributed by atoms with Crippen molar-refractivity contribution in [3.8, 4) is 0 Å². The Morgan fingerprint density at radius 1 is 1.11 bits per heavy atom. The van der Waals surface area contributed by atoms with Crippen LogP contribution in [0.15, 0.2) is 24.3 Å². The molecule has 0 heterocycles. The van der Waals surface area contributed by atoms with Crippen LogP contribution in [-0.2, 0) is 9.53 Å². The maximum atomic E-state index is 11.5. The highest BCUT2D eigenvalue weighted by molar-refractivity contribution is 5.93. The number of hydrogen-bond donors (Lipinski definition) is 1. The van der Waals surface area contributed by atoms with Crippen LogP contribution in [0.2, 0.25) is 0 Å². The topological polar surface area (TPSA) is 55.4 Å². The molecule has 0 unspecified atom stereocenters. The number of carbonyl (C=O) groups excluding carboxylic acids is 2. The van der Waals surface area contributed by atoms with Gasteiger partial charge in [-0.2, -0.15) is 0 Å². The molecule has 1 aromatic rings. The van der Waals surface area contributed by atoms with Crippen LogP contribution in [0.4, 0.5) is 5.69 Å². The first-order valence-electron chi connectivity index (χ1n) is 6.24. The molecule has 0 saturated heterocycles. The van der Waals surface area contributed by atoms with Gasteiger partial charge in [-0.1, -0.05) is 13.8 Å². The van der Waals surface area contributed by atoms with E-state index < -0.39 is 0 Å². The predicted molar refractivity (Wildman–Crippen MR) is 70.6 cm³/mol. The molecule has 1 N–H and O–H groups in total. The molecular formula is C14H19NO3. The van der Waals surface area contributed by atoms with Crippen molar-refractivity contribution in [3.05, 3.63) is 29.8 Å². The van der Waals surface area contributed by atoms with Gasteiger partial charge in [-0.15, -0.1) is 0 Å². The Kier molecular flexibility index (Phi) is 5.91. The van der Waals surface area contributed by atoms with E-state index in [1.807, 2.05) is 13.8 Å². The second kappa shape index (κ2) is 7.48. The zero-order chi connectivity index (χ0) is 13.4. The molecule has 0 atom stereocenters. The van der Waals surface area contributed by atoms with E-state index in [0.717, 1.165) is 12.8 Å². The number of benzene rings is 1. The summed E-state index contributed by atoms with van der Waals surface area (Å²) in [5.41, 5.74) is 1.19. The maximum absolute atomic E-state index is 11.5. The number of anilines is 1. The van der Waals surface area contributed by atoms with Crippen LogP contribution < -0.4 is 5.32 Å². The molecule has 0 saturated carbocycles. The van der Waals surface area contributed by atoms with Gasteiger partial charge < -0.3 is 10.1 Å². The molecule has 0 spiro atoms. The van der Waals surface area contributed by atoms with Crippen LogP contribution in [0.5, 0.6) is 0 Å². The number of esters is 1. The minimum absolute atomic E-state index is 0.0150. The zero-order valence-corrected chi connectivity index (χ0v) is 10.9. The van der Waals surface area contributed by atoms with Crippen LogP contribution in [0.1, 0.15) is 43.5 Å². The Hall–Kier alpha value is -1.84. The van der Waals surface area contributed by atoms with Crippen LogP contribution in [0, 0.1) is 0 Å². The fraction of sp³-hybridized carbons (Fsp3) is 0.429. The lowest BCUT2D eigenvalue weighted by Gasteiger charge is -2.06. The molecule has 98 valence electrons. The van der Waals surface area contributed by atoms with E-state index in [9.17, 15) is 9.59 Å². The molecule has 1 amide bonds. The van der Waals surface area contributed by atoms with Crippen molar-refractivity contribution in [1.82, 2.24) is 0 Å². The van der Waals surface area contributed by atoms with E-state index in [1.165, 1.54) is 0 Å². The highest BCUT2D eigenvalue weighted by Crippen LogP contribution is 2.11. The van der Waals surface area contributed by atoms with E-state index in [0.29, 0.717) is 24.3 Å². The van der Waals surface area contributed by atoms with E-state index >= 15 is 0 Å². The van der Waals surface area contributed by atoms with Gasteiger partial charge in [0.05, 0.1) is 12.2 Å². The Balaban J connectivity index is 2.57. The quantitative estimate of drug-likeness (QED) is 0.788. The third-order valence-electron chi connectivity index (χ3n) is 2.32. The van der Waals surface area contributed by atoms with Gasteiger partial charge in [-0.25, -0.2) is 4.79 Å². The van der Waals surface area contributed by atoms with Gasteiger partial charge in [0.2, 0.25) is 5.91 Å².